The Balaban J connectivity index is 3.39. The van der Waals surface area contributed by atoms with Gasteiger partial charge in [0.1, 0.15) is 0 Å². The smallest absolute Gasteiger partial charge is 0.308 e. The highest BCUT2D eigenvalue weighted by atomic mass is 16.5. The highest BCUT2D eigenvalue weighted by Crippen LogP contribution is 2.21. The molecular weight excluding hydrogens is 388 g/mol. The molecule has 0 spiro atoms. The quantitative estimate of drug-likeness (QED) is 0.126. The van der Waals surface area contributed by atoms with E-state index in [-0.39, 0.29) is 17.9 Å². The van der Waals surface area contributed by atoms with Crippen LogP contribution in [-0.4, -0.2) is 25.2 Å². The van der Waals surface area contributed by atoms with E-state index in [9.17, 15) is 9.59 Å². The van der Waals surface area contributed by atoms with E-state index in [0.29, 0.717) is 25.6 Å². The predicted molar refractivity (Wildman–Crippen MR) is 130 cm³/mol. The minimum Gasteiger partial charge on any atom is -0.466 e. The Morgan fingerprint density at radius 3 is 1.58 bits per heavy atom. The molecule has 2 atom stereocenters. The van der Waals surface area contributed by atoms with Gasteiger partial charge in [-0.1, -0.05) is 105 Å². The summed E-state index contributed by atoms with van der Waals surface area (Å²) in [6.07, 6.45) is 19.5. The molecule has 0 radical (unpaired) electrons. The summed E-state index contributed by atoms with van der Waals surface area (Å²) in [4.78, 5) is 23.5. The van der Waals surface area contributed by atoms with Crippen molar-refractivity contribution in [2.24, 2.45) is 11.8 Å². The summed E-state index contributed by atoms with van der Waals surface area (Å²) in [5.41, 5.74) is 0. The first-order valence-corrected chi connectivity index (χ1v) is 13.3. The summed E-state index contributed by atoms with van der Waals surface area (Å²) in [5, 5.41) is 0. The molecule has 0 heterocycles. The molecule has 4 nitrogen and oxygen atoms in total. The van der Waals surface area contributed by atoms with Gasteiger partial charge in [-0.25, -0.2) is 0 Å². The van der Waals surface area contributed by atoms with Crippen molar-refractivity contribution in [3.8, 4) is 0 Å². The molecule has 0 bridgehead atoms. The Morgan fingerprint density at radius 1 is 0.613 bits per heavy atom. The topological polar surface area (TPSA) is 52.6 Å². The molecule has 184 valence electrons. The highest BCUT2D eigenvalue weighted by Gasteiger charge is 2.21. The molecule has 0 aliphatic carbocycles. The largest absolute Gasteiger partial charge is 0.466 e. The van der Waals surface area contributed by atoms with E-state index in [1.54, 1.807) is 0 Å². The molecule has 0 aromatic heterocycles. The first-order chi connectivity index (χ1) is 15.0. The van der Waals surface area contributed by atoms with Gasteiger partial charge in [-0.15, -0.1) is 0 Å². The standard InChI is InChI=1S/C27H52O4/c1-5-7-22-30-26(28)21-19-17-15-13-11-9-10-12-14-16-18-20-24(3)25(4)27(29)31-23-8-6-2/h24-25H,5-23H2,1-4H3. The van der Waals surface area contributed by atoms with E-state index in [1.165, 1.54) is 57.8 Å². The van der Waals surface area contributed by atoms with E-state index >= 15 is 0 Å². The van der Waals surface area contributed by atoms with Gasteiger partial charge in [0.05, 0.1) is 19.1 Å². The third-order valence-electron chi connectivity index (χ3n) is 6.27. The summed E-state index contributed by atoms with van der Waals surface area (Å²) in [6, 6.07) is 0. The van der Waals surface area contributed by atoms with Crippen LogP contribution in [0.15, 0.2) is 0 Å². The maximum absolute atomic E-state index is 12.0. The van der Waals surface area contributed by atoms with Crippen molar-refractivity contribution in [3.63, 3.8) is 0 Å². The minimum absolute atomic E-state index is 0.0172. The summed E-state index contributed by atoms with van der Waals surface area (Å²) in [5.74, 6) is 0.382. The Morgan fingerprint density at radius 2 is 1.06 bits per heavy atom. The molecule has 4 heteroatoms. The lowest BCUT2D eigenvalue weighted by atomic mass is 9.90. The molecule has 0 aromatic carbocycles. The number of rotatable bonds is 22. The minimum atomic E-state index is -0.0239. The Kier molecular flexibility index (Phi) is 21.4. The van der Waals surface area contributed by atoms with E-state index in [4.69, 9.17) is 9.47 Å². The van der Waals surface area contributed by atoms with E-state index < -0.39 is 0 Å². The zero-order valence-corrected chi connectivity index (χ0v) is 21.2. The molecule has 0 aliphatic heterocycles. The van der Waals surface area contributed by atoms with Crippen molar-refractivity contribution in [1.82, 2.24) is 0 Å². The van der Waals surface area contributed by atoms with Gasteiger partial charge in [-0.05, 0) is 31.6 Å². The van der Waals surface area contributed by atoms with Crippen molar-refractivity contribution in [2.45, 2.75) is 137 Å². The van der Waals surface area contributed by atoms with E-state index in [2.05, 4.69) is 20.8 Å². The number of hydrogen-bond acceptors (Lipinski definition) is 4. The van der Waals surface area contributed by atoms with Crippen LogP contribution in [0, 0.1) is 11.8 Å². The predicted octanol–water partition coefficient (Wildman–Crippen LogP) is 8.02. The maximum atomic E-state index is 12.0. The normalized spacial score (nSPS) is 13.0. The SMILES string of the molecule is CCCCOC(=O)CCCCCCCCCCCCCC(C)C(C)C(=O)OCCCC. The fourth-order valence-electron chi connectivity index (χ4n) is 3.66. The monoisotopic (exact) mass is 440 g/mol. The second-order valence-corrected chi connectivity index (χ2v) is 9.29. The lowest BCUT2D eigenvalue weighted by Crippen LogP contribution is -2.22. The van der Waals surface area contributed by atoms with Crippen LogP contribution in [0.25, 0.3) is 0 Å². The zero-order chi connectivity index (χ0) is 23.2. The molecule has 0 amide bonds. The molecule has 0 saturated heterocycles. The van der Waals surface area contributed by atoms with Gasteiger partial charge >= 0.3 is 11.9 Å². The van der Waals surface area contributed by atoms with Gasteiger partial charge in [-0.3, -0.25) is 9.59 Å². The fraction of sp³-hybridized carbons (Fsp3) is 0.926. The van der Waals surface area contributed by atoms with Gasteiger partial charge in [-0.2, -0.15) is 0 Å². The number of ether oxygens (including phenoxy) is 2. The van der Waals surface area contributed by atoms with E-state index in [0.717, 1.165) is 44.9 Å². The molecule has 0 rings (SSSR count). The molecular formula is C27H52O4. The van der Waals surface area contributed by atoms with Gasteiger partial charge in [0.15, 0.2) is 0 Å². The van der Waals surface area contributed by atoms with Crippen LogP contribution in [0.5, 0.6) is 0 Å². The molecule has 2 unspecified atom stereocenters. The Hall–Kier alpha value is -1.06. The van der Waals surface area contributed by atoms with Crippen molar-refractivity contribution in [3.05, 3.63) is 0 Å². The Bertz CT molecular complexity index is 421. The highest BCUT2D eigenvalue weighted by molar-refractivity contribution is 5.72. The summed E-state index contributed by atoms with van der Waals surface area (Å²) >= 11 is 0. The lowest BCUT2D eigenvalue weighted by Gasteiger charge is -2.18. The fourth-order valence-corrected chi connectivity index (χ4v) is 3.66. The van der Waals surface area contributed by atoms with E-state index in [1.807, 2.05) is 6.92 Å². The number of hydrogen-bond donors (Lipinski definition) is 0. The van der Waals surface area contributed by atoms with Crippen molar-refractivity contribution < 1.29 is 19.1 Å². The van der Waals surface area contributed by atoms with Crippen LogP contribution in [0.3, 0.4) is 0 Å². The van der Waals surface area contributed by atoms with Crippen LogP contribution in [0.2, 0.25) is 0 Å². The number of carbonyl (C=O) groups is 2. The molecule has 0 N–H and O–H groups in total. The van der Waals surface area contributed by atoms with Gasteiger partial charge in [0.2, 0.25) is 0 Å². The van der Waals surface area contributed by atoms with Gasteiger partial charge in [0, 0.05) is 6.42 Å². The summed E-state index contributed by atoms with van der Waals surface area (Å²) in [7, 11) is 0. The van der Waals surface area contributed by atoms with Gasteiger partial charge < -0.3 is 9.47 Å². The first kappa shape index (κ1) is 29.9. The van der Waals surface area contributed by atoms with Gasteiger partial charge in [0.25, 0.3) is 0 Å². The number of unbranched alkanes of at least 4 members (excludes halogenated alkanes) is 12. The average Bonchev–Trinajstić information content (AvgIpc) is 2.76. The third kappa shape index (κ3) is 19.4. The van der Waals surface area contributed by atoms with Crippen molar-refractivity contribution in [1.29, 1.82) is 0 Å². The molecule has 31 heavy (non-hydrogen) atoms. The van der Waals surface area contributed by atoms with Crippen LogP contribution >= 0.6 is 0 Å². The van der Waals surface area contributed by atoms with Crippen molar-refractivity contribution >= 4 is 11.9 Å². The summed E-state index contributed by atoms with van der Waals surface area (Å²) in [6.45, 7) is 9.56. The molecule has 0 saturated carbocycles. The first-order valence-electron chi connectivity index (χ1n) is 13.3. The maximum Gasteiger partial charge on any atom is 0.308 e. The number of carbonyl (C=O) groups excluding carboxylic acids is 2. The molecule has 0 aliphatic rings. The van der Waals surface area contributed by atoms with Crippen LogP contribution in [0.4, 0.5) is 0 Å². The Labute approximate surface area is 193 Å². The second kappa shape index (κ2) is 22.1. The summed E-state index contributed by atoms with van der Waals surface area (Å²) < 4.78 is 10.5. The van der Waals surface area contributed by atoms with Crippen LogP contribution in [0.1, 0.15) is 137 Å². The third-order valence-corrected chi connectivity index (χ3v) is 6.27. The average molecular weight is 441 g/mol. The van der Waals surface area contributed by atoms with Crippen LogP contribution < -0.4 is 0 Å². The lowest BCUT2D eigenvalue weighted by molar-refractivity contribution is -0.150. The molecule has 0 fully saturated rings. The number of esters is 2. The second-order valence-electron chi connectivity index (χ2n) is 9.29. The molecule has 0 aromatic rings. The van der Waals surface area contributed by atoms with Crippen molar-refractivity contribution in [2.75, 3.05) is 13.2 Å². The van der Waals surface area contributed by atoms with Crippen LogP contribution in [-0.2, 0) is 19.1 Å². The zero-order valence-electron chi connectivity index (χ0n) is 21.2.